The van der Waals surface area contributed by atoms with E-state index in [1.165, 1.54) is 6.42 Å². The van der Waals surface area contributed by atoms with Crippen molar-refractivity contribution in [2.45, 2.75) is 45.7 Å². The van der Waals surface area contributed by atoms with Gasteiger partial charge in [0.2, 0.25) is 11.8 Å². The van der Waals surface area contributed by atoms with Gasteiger partial charge in [-0.2, -0.15) is 0 Å². The van der Waals surface area contributed by atoms with Crippen molar-refractivity contribution in [3.8, 4) is 0 Å². The standard InChI is InChI=1S/C16H24N2O2/c1-9(19)18-8-12-10-5-6-11(7-10)13(12)14(18)15(20)17-16(2,3)4/h5-6,10-14H,7-8H2,1-4H3,(H,17,20)/t10-,11+,12-,13+,14+/m1/s1. The highest BCUT2D eigenvalue weighted by Crippen LogP contribution is 2.54. The molecule has 1 N–H and O–H groups in total. The van der Waals surface area contributed by atoms with Crippen LogP contribution in [0.5, 0.6) is 0 Å². The molecular weight excluding hydrogens is 252 g/mol. The van der Waals surface area contributed by atoms with Crippen LogP contribution >= 0.6 is 0 Å². The van der Waals surface area contributed by atoms with Crippen LogP contribution in [0.4, 0.5) is 0 Å². The van der Waals surface area contributed by atoms with Crippen LogP contribution in [0.15, 0.2) is 12.2 Å². The molecule has 0 aromatic carbocycles. The van der Waals surface area contributed by atoms with Gasteiger partial charge in [0.05, 0.1) is 0 Å². The normalized spacial score (nSPS) is 38.2. The van der Waals surface area contributed by atoms with E-state index in [4.69, 9.17) is 0 Å². The van der Waals surface area contributed by atoms with Crippen molar-refractivity contribution in [3.05, 3.63) is 12.2 Å². The van der Waals surface area contributed by atoms with Crippen molar-refractivity contribution in [1.29, 1.82) is 0 Å². The van der Waals surface area contributed by atoms with Crippen LogP contribution in [0, 0.1) is 23.7 Å². The number of carbonyl (C=O) groups excluding carboxylic acids is 2. The monoisotopic (exact) mass is 276 g/mol. The van der Waals surface area contributed by atoms with Crippen LogP contribution in [-0.4, -0.2) is 34.8 Å². The quantitative estimate of drug-likeness (QED) is 0.739. The second-order valence-corrected chi connectivity index (χ2v) is 7.54. The number of nitrogens with zero attached hydrogens (tertiary/aromatic N) is 1. The number of amides is 2. The van der Waals surface area contributed by atoms with Crippen molar-refractivity contribution in [2.75, 3.05) is 6.54 Å². The van der Waals surface area contributed by atoms with Crippen LogP contribution < -0.4 is 5.32 Å². The molecule has 0 spiro atoms. The number of allylic oxidation sites excluding steroid dienone is 2. The molecule has 5 atom stereocenters. The molecule has 3 aliphatic rings. The Morgan fingerprint density at radius 2 is 1.85 bits per heavy atom. The van der Waals surface area contributed by atoms with Gasteiger partial charge in [-0.05, 0) is 50.9 Å². The zero-order valence-corrected chi connectivity index (χ0v) is 12.7. The summed E-state index contributed by atoms with van der Waals surface area (Å²) in [6.07, 6.45) is 5.71. The Kier molecular flexibility index (Phi) is 2.96. The van der Waals surface area contributed by atoms with Gasteiger partial charge in [0.15, 0.2) is 0 Å². The Morgan fingerprint density at radius 1 is 1.20 bits per heavy atom. The predicted molar refractivity (Wildman–Crippen MR) is 76.8 cm³/mol. The van der Waals surface area contributed by atoms with E-state index in [9.17, 15) is 9.59 Å². The first kappa shape index (κ1) is 13.7. The molecule has 2 fully saturated rings. The van der Waals surface area contributed by atoms with Crippen LogP contribution in [0.25, 0.3) is 0 Å². The third-order valence-corrected chi connectivity index (χ3v) is 4.97. The highest BCUT2D eigenvalue weighted by atomic mass is 16.2. The minimum atomic E-state index is -0.281. The average Bonchev–Trinajstić information content (AvgIpc) is 2.97. The van der Waals surface area contributed by atoms with Crippen LogP contribution in [-0.2, 0) is 9.59 Å². The molecule has 0 aromatic heterocycles. The Hall–Kier alpha value is -1.32. The van der Waals surface area contributed by atoms with Gasteiger partial charge in [0.25, 0.3) is 0 Å². The second-order valence-electron chi connectivity index (χ2n) is 7.54. The first-order valence-corrected chi connectivity index (χ1v) is 7.55. The summed E-state index contributed by atoms with van der Waals surface area (Å²) < 4.78 is 0. The average molecular weight is 276 g/mol. The summed E-state index contributed by atoms with van der Waals surface area (Å²) in [4.78, 5) is 26.4. The van der Waals surface area contributed by atoms with E-state index in [1.807, 2.05) is 20.8 Å². The summed E-state index contributed by atoms with van der Waals surface area (Å²) in [5.74, 6) is 1.87. The molecule has 4 heteroatoms. The van der Waals surface area contributed by atoms with Gasteiger partial charge in [-0.15, -0.1) is 0 Å². The number of hydrogen-bond donors (Lipinski definition) is 1. The SMILES string of the molecule is CC(=O)N1C[C@H]2[C@@H]([C@H]1C(=O)NC(C)(C)C)[C@H]1C=C[C@@H]2C1. The highest BCUT2D eigenvalue weighted by molar-refractivity contribution is 5.88. The first-order chi connectivity index (χ1) is 9.28. The molecule has 20 heavy (non-hydrogen) atoms. The number of hydrogen-bond acceptors (Lipinski definition) is 2. The molecule has 2 aliphatic carbocycles. The number of nitrogens with one attached hydrogen (secondary N) is 1. The molecule has 0 aromatic rings. The van der Waals surface area contributed by atoms with E-state index in [0.29, 0.717) is 23.7 Å². The zero-order chi connectivity index (χ0) is 14.7. The second kappa shape index (κ2) is 4.34. The molecule has 2 amide bonds. The van der Waals surface area contributed by atoms with Crippen molar-refractivity contribution in [1.82, 2.24) is 10.2 Å². The van der Waals surface area contributed by atoms with E-state index < -0.39 is 0 Å². The van der Waals surface area contributed by atoms with Gasteiger partial charge >= 0.3 is 0 Å². The third-order valence-electron chi connectivity index (χ3n) is 4.97. The van der Waals surface area contributed by atoms with E-state index in [1.54, 1.807) is 11.8 Å². The maximum Gasteiger partial charge on any atom is 0.243 e. The van der Waals surface area contributed by atoms with Gasteiger partial charge in [-0.25, -0.2) is 0 Å². The third kappa shape index (κ3) is 2.05. The summed E-state index contributed by atoms with van der Waals surface area (Å²) in [7, 11) is 0. The minimum Gasteiger partial charge on any atom is -0.350 e. The summed E-state index contributed by atoms with van der Waals surface area (Å²) >= 11 is 0. The van der Waals surface area contributed by atoms with Crippen molar-refractivity contribution in [2.24, 2.45) is 23.7 Å². The van der Waals surface area contributed by atoms with Crippen LogP contribution in [0.2, 0.25) is 0 Å². The molecule has 1 aliphatic heterocycles. The highest BCUT2D eigenvalue weighted by Gasteiger charge is 2.57. The molecule has 1 saturated heterocycles. The number of likely N-dealkylation sites (tertiary alicyclic amines) is 1. The molecule has 1 heterocycles. The maximum absolute atomic E-state index is 12.7. The Bertz CT molecular complexity index is 477. The lowest BCUT2D eigenvalue weighted by Gasteiger charge is -2.31. The molecule has 2 bridgehead atoms. The maximum atomic E-state index is 12.7. The van der Waals surface area contributed by atoms with Gasteiger partial charge in [-0.1, -0.05) is 12.2 Å². The summed E-state index contributed by atoms with van der Waals surface area (Å²) in [6, 6.07) is -0.281. The van der Waals surface area contributed by atoms with Crippen LogP contribution in [0.3, 0.4) is 0 Å². The number of fused-ring (bicyclic) bond motifs is 5. The van der Waals surface area contributed by atoms with Crippen LogP contribution in [0.1, 0.15) is 34.1 Å². The van der Waals surface area contributed by atoms with Crippen molar-refractivity contribution in [3.63, 3.8) is 0 Å². The first-order valence-electron chi connectivity index (χ1n) is 7.55. The lowest BCUT2D eigenvalue weighted by Crippen LogP contribution is -2.53. The van der Waals surface area contributed by atoms with Gasteiger partial charge in [0, 0.05) is 19.0 Å². The van der Waals surface area contributed by atoms with Crippen molar-refractivity contribution < 1.29 is 9.59 Å². The van der Waals surface area contributed by atoms with Gasteiger partial charge in [-0.3, -0.25) is 9.59 Å². The summed E-state index contributed by atoms with van der Waals surface area (Å²) in [6.45, 7) is 8.27. The Morgan fingerprint density at radius 3 is 2.45 bits per heavy atom. The molecule has 0 radical (unpaired) electrons. The molecule has 0 unspecified atom stereocenters. The Labute approximate surface area is 120 Å². The molecular formula is C16H24N2O2. The molecule has 1 saturated carbocycles. The largest absolute Gasteiger partial charge is 0.350 e. The van der Waals surface area contributed by atoms with E-state index in [-0.39, 0.29) is 23.4 Å². The fourth-order valence-corrected chi connectivity index (χ4v) is 4.32. The van der Waals surface area contributed by atoms with E-state index in [0.717, 1.165) is 6.54 Å². The zero-order valence-electron chi connectivity index (χ0n) is 12.7. The molecule has 4 nitrogen and oxygen atoms in total. The van der Waals surface area contributed by atoms with Crippen molar-refractivity contribution >= 4 is 11.8 Å². The fourth-order valence-electron chi connectivity index (χ4n) is 4.32. The Balaban J connectivity index is 1.87. The number of rotatable bonds is 1. The smallest absolute Gasteiger partial charge is 0.243 e. The van der Waals surface area contributed by atoms with Gasteiger partial charge in [0.1, 0.15) is 6.04 Å². The summed E-state index contributed by atoms with van der Waals surface area (Å²) in [5, 5.41) is 3.06. The lowest BCUT2D eigenvalue weighted by molar-refractivity contribution is -0.139. The van der Waals surface area contributed by atoms with Gasteiger partial charge < -0.3 is 10.2 Å². The predicted octanol–water partition coefficient (Wildman–Crippen LogP) is 1.57. The lowest BCUT2D eigenvalue weighted by atomic mass is 9.81. The molecule has 3 rings (SSSR count). The van der Waals surface area contributed by atoms with E-state index in [2.05, 4.69) is 17.5 Å². The summed E-state index contributed by atoms with van der Waals surface area (Å²) in [5.41, 5.74) is -0.259. The topological polar surface area (TPSA) is 49.4 Å². The molecule has 110 valence electrons. The van der Waals surface area contributed by atoms with E-state index >= 15 is 0 Å². The fraction of sp³-hybridized carbons (Fsp3) is 0.750. The number of carbonyl (C=O) groups is 2. The minimum absolute atomic E-state index is 0.0150.